The maximum absolute atomic E-state index is 12.0. The van der Waals surface area contributed by atoms with E-state index in [2.05, 4.69) is 10.3 Å². The molecule has 0 atom stereocenters. The molecule has 1 heterocycles. The summed E-state index contributed by atoms with van der Waals surface area (Å²) in [5.74, 6) is 0.341. The normalized spacial score (nSPS) is 10.8. The highest BCUT2D eigenvalue weighted by atomic mass is 16.5. The van der Waals surface area contributed by atoms with Gasteiger partial charge in [-0.15, -0.1) is 0 Å². The summed E-state index contributed by atoms with van der Waals surface area (Å²) in [6.07, 6.45) is 1.72. The van der Waals surface area contributed by atoms with Crippen molar-refractivity contribution in [3.05, 3.63) is 64.1 Å². The molecule has 6 heteroatoms. The number of amides is 1. The molecule has 0 bridgehead atoms. The molecule has 3 rings (SSSR count). The lowest BCUT2D eigenvalue weighted by Gasteiger charge is -2.08. The Morgan fingerprint density at radius 3 is 2.88 bits per heavy atom. The minimum Gasteiger partial charge on any atom is -0.496 e. The maximum Gasteiger partial charge on any atom is 0.417 e. The molecule has 0 radical (unpaired) electrons. The van der Waals surface area contributed by atoms with E-state index in [1.165, 1.54) is 0 Å². The lowest BCUT2D eigenvalue weighted by molar-refractivity contribution is -0.121. The third-order valence-electron chi connectivity index (χ3n) is 4.04. The van der Waals surface area contributed by atoms with Gasteiger partial charge in [-0.1, -0.05) is 24.3 Å². The number of hydrogen-bond acceptors (Lipinski definition) is 4. The smallest absolute Gasteiger partial charge is 0.417 e. The van der Waals surface area contributed by atoms with Gasteiger partial charge in [0.25, 0.3) is 0 Å². The van der Waals surface area contributed by atoms with E-state index in [0.29, 0.717) is 36.9 Å². The standard InChI is InChI=1S/C19H20N2O4/c1-24-16-5-3-2-4-14(16)7-9-18(22)20-11-10-13-6-8-15-17(12-13)25-19(23)21-15/h2-6,8,12H,7,9-11H2,1H3,(H,20,22)(H,21,23). The Kier molecular flexibility index (Phi) is 5.18. The van der Waals surface area contributed by atoms with Crippen LogP contribution in [-0.4, -0.2) is 24.5 Å². The number of benzene rings is 2. The summed E-state index contributed by atoms with van der Waals surface area (Å²) in [5, 5.41) is 2.91. The second-order valence-corrected chi connectivity index (χ2v) is 5.76. The molecule has 6 nitrogen and oxygen atoms in total. The maximum atomic E-state index is 12.0. The van der Waals surface area contributed by atoms with Crippen molar-refractivity contribution in [1.82, 2.24) is 10.3 Å². The number of hydrogen-bond donors (Lipinski definition) is 2. The summed E-state index contributed by atoms with van der Waals surface area (Å²) in [6, 6.07) is 13.2. The van der Waals surface area contributed by atoms with Gasteiger partial charge in [0, 0.05) is 13.0 Å². The summed E-state index contributed by atoms with van der Waals surface area (Å²) >= 11 is 0. The molecule has 0 aliphatic heterocycles. The molecular formula is C19H20N2O4. The Morgan fingerprint density at radius 1 is 1.20 bits per heavy atom. The number of carbonyl (C=O) groups excluding carboxylic acids is 1. The fourth-order valence-corrected chi connectivity index (χ4v) is 2.74. The van der Waals surface area contributed by atoms with Crippen molar-refractivity contribution in [2.45, 2.75) is 19.3 Å². The molecule has 2 aromatic carbocycles. The first-order chi connectivity index (χ1) is 12.2. The van der Waals surface area contributed by atoms with Crippen LogP contribution < -0.4 is 15.8 Å². The van der Waals surface area contributed by atoms with Gasteiger partial charge < -0.3 is 14.5 Å². The number of methoxy groups -OCH3 is 1. The summed E-state index contributed by atoms with van der Waals surface area (Å²) in [4.78, 5) is 25.8. The van der Waals surface area contributed by atoms with Crippen LogP contribution in [-0.2, 0) is 17.6 Å². The fraction of sp³-hybridized carbons (Fsp3) is 0.263. The van der Waals surface area contributed by atoms with Crippen LogP contribution in [0.4, 0.5) is 0 Å². The van der Waals surface area contributed by atoms with Gasteiger partial charge in [-0.25, -0.2) is 4.79 Å². The summed E-state index contributed by atoms with van der Waals surface area (Å²) in [7, 11) is 1.63. The van der Waals surface area contributed by atoms with Gasteiger partial charge >= 0.3 is 5.76 Å². The van der Waals surface area contributed by atoms with E-state index in [1.54, 1.807) is 13.2 Å². The van der Waals surface area contributed by atoms with Gasteiger partial charge in [0.15, 0.2) is 5.58 Å². The minimum atomic E-state index is -0.461. The topological polar surface area (TPSA) is 84.3 Å². The molecule has 0 aliphatic carbocycles. The largest absolute Gasteiger partial charge is 0.496 e. The molecule has 25 heavy (non-hydrogen) atoms. The number of nitrogens with one attached hydrogen (secondary N) is 2. The second kappa shape index (κ2) is 7.70. The average Bonchev–Trinajstić information content (AvgIpc) is 2.99. The van der Waals surface area contributed by atoms with E-state index in [-0.39, 0.29) is 5.91 Å². The summed E-state index contributed by atoms with van der Waals surface area (Å²) in [6.45, 7) is 0.533. The van der Waals surface area contributed by atoms with Crippen molar-refractivity contribution in [3.8, 4) is 5.75 Å². The number of ether oxygens (including phenoxy) is 1. The van der Waals surface area contributed by atoms with Crippen molar-refractivity contribution in [1.29, 1.82) is 0 Å². The van der Waals surface area contributed by atoms with Crippen molar-refractivity contribution in [3.63, 3.8) is 0 Å². The Labute approximate surface area is 144 Å². The number of rotatable bonds is 7. The number of H-pyrrole nitrogens is 1. The van der Waals surface area contributed by atoms with Crippen LogP contribution in [0.2, 0.25) is 0 Å². The number of carbonyl (C=O) groups is 1. The average molecular weight is 340 g/mol. The highest BCUT2D eigenvalue weighted by Crippen LogP contribution is 2.18. The van der Waals surface area contributed by atoms with Crippen LogP contribution in [0.5, 0.6) is 5.75 Å². The van der Waals surface area contributed by atoms with E-state index in [0.717, 1.165) is 16.9 Å². The molecule has 0 aliphatic rings. The molecule has 0 saturated heterocycles. The first-order valence-corrected chi connectivity index (χ1v) is 8.16. The van der Waals surface area contributed by atoms with Crippen LogP contribution in [0.25, 0.3) is 11.1 Å². The molecule has 0 unspecified atom stereocenters. The number of aromatic nitrogens is 1. The lowest BCUT2D eigenvalue weighted by atomic mass is 10.1. The van der Waals surface area contributed by atoms with Gasteiger partial charge in [-0.3, -0.25) is 9.78 Å². The molecular weight excluding hydrogens is 320 g/mol. The minimum absolute atomic E-state index is 0.000149. The Morgan fingerprint density at radius 2 is 2.04 bits per heavy atom. The van der Waals surface area contributed by atoms with Crippen molar-refractivity contribution in [2.75, 3.05) is 13.7 Å². The van der Waals surface area contributed by atoms with Crippen LogP contribution in [0.15, 0.2) is 51.7 Å². The highest BCUT2D eigenvalue weighted by Gasteiger charge is 2.07. The van der Waals surface area contributed by atoms with E-state index >= 15 is 0 Å². The van der Waals surface area contributed by atoms with Gasteiger partial charge in [-0.05, 0) is 42.2 Å². The number of aryl methyl sites for hydroxylation is 1. The number of para-hydroxylation sites is 1. The highest BCUT2D eigenvalue weighted by molar-refractivity contribution is 5.76. The molecule has 0 fully saturated rings. The van der Waals surface area contributed by atoms with Crippen LogP contribution in [0.3, 0.4) is 0 Å². The second-order valence-electron chi connectivity index (χ2n) is 5.76. The first-order valence-electron chi connectivity index (χ1n) is 8.16. The van der Waals surface area contributed by atoms with E-state index in [4.69, 9.17) is 9.15 Å². The Bertz CT molecular complexity index is 926. The summed E-state index contributed by atoms with van der Waals surface area (Å²) < 4.78 is 10.3. The fourth-order valence-electron chi connectivity index (χ4n) is 2.74. The van der Waals surface area contributed by atoms with Gasteiger partial charge in [0.2, 0.25) is 5.91 Å². The van der Waals surface area contributed by atoms with E-state index in [1.807, 2.05) is 36.4 Å². The molecule has 0 saturated carbocycles. The van der Waals surface area contributed by atoms with Crippen molar-refractivity contribution in [2.24, 2.45) is 0 Å². The van der Waals surface area contributed by atoms with Gasteiger partial charge in [0.05, 0.1) is 12.6 Å². The first kappa shape index (κ1) is 16.8. The van der Waals surface area contributed by atoms with Gasteiger partial charge in [0.1, 0.15) is 5.75 Å². The third kappa shape index (κ3) is 4.29. The Hall–Kier alpha value is -3.02. The SMILES string of the molecule is COc1ccccc1CCC(=O)NCCc1ccc2[nH]c(=O)oc2c1. The number of oxazole rings is 1. The van der Waals surface area contributed by atoms with Crippen LogP contribution >= 0.6 is 0 Å². The van der Waals surface area contributed by atoms with Crippen LogP contribution in [0.1, 0.15) is 17.5 Å². The molecule has 130 valence electrons. The third-order valence-corrected chi connectivity index (χ3v) is 4.04. The van der Waals surface area contributed by atoms with Crippen LogP contribution in [0, 0.1) is 0 Å². The van der Waals surface area contributed by atoms with Crippen molar-refractivity contribution >= 4 is 17.0 Å². The zero-order chi connectivity index (χ0) is 17.6. The molecule has 2 N–H and O–H groups in total. The number of aromatic amines is 1. The van der Waals surface area contributed by atoms with E-state index in [9.17, 15) is 9.59 Å². The predicted molar refractivity (Wildman–Crippen MR) is 94.9 cm³/mol. The predicted octanol–water partition coefficient (Wildman–Crippen LogP) is 2.42. The molecule has 3 aromatic rings. The van der Waals surface area contributed by atoms with Gasteiger partial charge in [-0.2, -0.15) is 0 Å². The van der Waals surface area contributed by atoms with E-state index < -0.39 is 5.76 Å². The molecule has 1 amide bonds. The summed E-state index contributed by atoms with van der Waals surface area (Å²) in [5.41, 5.74) is 3.23. The van der Waals surface area contributed by atoms with Crippen molar-refractivity contribution < 1.29 is 13.9 Å². The number of fused-ring (bicyclic) bond motifs is 1. The monoisotopic (exact) mass is 340 g/mol. The lowest BCUT2D eigenvalue weighted by Crippen LogP contribution is -2.25. The zero-order valence-electron chi connectivity index (χ0n) is 14.0. The molecule has 1 aromatic heterocycles. The zero-order valence-corrected chi connectivity index (χ0v) is 14.0. The Balaban J connectivity index is 1.47. The quantitative estimate of drug-likeness (QED) is 0.692. The molecule has 0 spiro atoms.